The average molecular weight is 489 g/mol. The van der Waals surface area contributed by atoms with Gasteiger partial charge in [-0.25, -0.2) is 16.8 Å². The number of carbonyl (C=O) groups excluding carboxylic acids is 1. The van der Waals surface area contributed by atoms with Crippen LogP contribution in [0, 0.1) is 11.3 Å². The molecule has 11 heteroatoms. The molecule has 174 valence electrons. The lowest BCUT2D eigenvalue weighted by molar-refractivity contribution is -0.135. The third-order valence-corrected chi connectivity index (χ3v) is 9.85. The zero-order valence-electron chi connectivity index (χ0n) is 17.9. The van der Waals surface area contributed by atoms with E-state index >= 15 is 0 Å². The molecule has 0 bridgehead atoms. The maximum atomic E-state index is 13.2. The van der Waals surface area contributed by atoms with Crippen LogP contribution in [0.25, 0.3) is 0 Å². The average Bonchev–Trinajstić information content (AvgIpc) is 3.35. The van der Waals surface area contributed by atoms with E-state index in [1.54, 1.807) is 23.1 Å². The van der Waals surface area contributed by atoms with Gasteiger partial charge in [0.1, 0.15) is 6.04 Å². The molecule has 2 fully saturated rings. The molecule has 2 aliphatic rings. The molecule has 2 heterocycles. The molecule has 2 aromatic rings. The van der Waals surface area contributed by atoms with Crippen molar-refractivity contribution in [2.45, 2.75) is 28.7 Å². The molecule has 0 spiro atoms. The van der Waals surface area contributed by atoms with Gasteiger partial charge in [0, 0.05) is 32.7 Å². The maximum absolute atomic E-state index is 13.2. The van der Waals surface area contributed by atoms with Crippen LogP contribution in [-0.2, 0) is 24.8 Å². The summed E-state index contributed by atoms with van der Waals surface area (Å²) in [4.78, 5) is 15.0. The van der Waals surface area contributed by atoms with Crippen LogP contribution >= 0.6 is 0 Å². The third-order valence-electron chi connectivity index (χ3n) is 6.01. The van der Waals surface area contributed by atoms with Gasteiger partial charge >= 0.3 is 0 Å². The number of rotatable bonds is 5. The first kappa shape index (κ1) is 23.4. The molecule has 0 aliphatic carbocycles. The SMILES string of the molecule is N#Cc1ccc(S(=O)(=O)N2CCN(C(=O)C3CCCN3S(=O)(=O)c3ccccc3)CC2)cc1. The second kappa shape index (κ2) is 9.23. The van der Waals surface area contributed by atoms with Crippen LogP contribution in [0.2, 0.25) is 0 Å². The molecule has 9 nitrogen and oxygen atoms in total. The molecular weight excluding hydrogens is 464 g/mol. The minimum absolute atomic E-state index is 0.0946. The Labute approximate surface area is 193 Å². The Kier molecular flexibility index (Phi) is 6.54. The zero-order chi connectivity index (χ0) is 23.6. The molecule has 0 radical (unpaired) electrons. The Balaban J connectivity index is 1.44. The van der Waals surface area contributed by atoms with E-state index < -0.39 is 26.1 Å². The molecule has 33 heavy (non-hydrogen) atoms. The number of carbonyl (C=O) groups is 1. The van der Waals surface area contributed by atoms with Crippen LogP contribution < -0.4 is 0 Å². The summed E-state index contributed by atoms with van der Waals surface area (Å²) in [6, 6.07) is 14.9. The lowest BCUT2D eigenvalue weighted by Crippen LogP contribution is -2.55. The van der Waals surface area contributed by atoms with E-state index in [0.29, 0.717) is 18.4 Å². The number of benzene rings is 2. The van der Waals surface area contributed by atoms with Gasteiger partial charge in [0.15, 0.2) is 0 Å². The van der Waals surface area contributed by atoms with Gasteiger partial charge in [0.25, 0.3) is 0 Å². The number of hydrogen-bond donors (Lipinski definition) is 0. The fraction of sp³-hybridized carbons (Fsp3) is 0.364. The van der Waals surface area contributed by atoms with Crippen molar-refractivity contribution in [3.63, 3.8) is 0 Å². The molecule has 1 amide bonds. The van der Waals surface area contributed by atoms with Crippen molar-refractivity contribution in [2.24, 2.45) is 0 Å². The smallest absolute Gasteiger partial charge is 0.243 e. The van der Waals surface area contributed by atoms with Crippen molar-refractivity contribution < 1.29 is 21.6 Å². The molecular formula is C22H24N4O5S2. The van der Waals surface area contributed by atoms with E-state index in [-0.39, 0.29) is 48.4 Å². The molecule has 2 aliphatic heterocycles. The Morgan fingerprint density at radius 1 is 0.818 bits per heavy atom. The third kappa shape index (κ3) is 4.52. The van der Waals surface area contributed by atoms with E-state index in [1.165, 1.54) is 45.0 Å². The number of nitriles is 1. The van der Waals surface area contributed by atoms with E-state index in [0.717, 1.165) is 0 Å². The van der Waals surface area contributed by atoms with Gasteiger partial charge in [-0.05, 0) is 49.2 Å². The summed E-state index contributed by atoms with van der Waals surface area (Å²) >= 11 is 0. The van der Waals surface area contributed by atoms with Gasteiger partial charge in [0.05, 0.1) is 21.4 Å². The molecule has 2 saturated heterocycles. The van der Waals surface area contributed by atoms with Crippen LogP contribution in [0.4, 0.5) is 0 Å². The topological polar surface area (TPSA) is 119 Å². The maximum Gasteiger partial charge on any atom is 0.243 e. The van der Waals surface area contributed by atoms with Gasteiger partial charge in [-0.2, -0.15) is 13.9 Å². The predicted molar refractivity (Wildman–Crippen MR) is 120 cm³/mol. The molecule has 0 N–H and O–H groups in total. The van der Waals surface area contributed by atoms with Crippen LogP contribution in [-0.4, -0.2) is 75.0 Å². The van der Waals surface area contributed by atoms with Crippen molar-refractivity contribution in [2.75, 3.05) is 32.7 Å². The highest BCUT2D eigenvalue weighted by molar-refractivity contribution is 7.89. The monoisotopic (exact) mass is 488 g/mol. The first-order valence-electron chi connectivity index (χ1n) is 10.6. The fourth-order valence-electron chi connectivity index (χ4n) is 4.21. The van der Waals surface area contributed by atoms with Gasteiger partial charge in [0.2, 0.25) is 26.0 Å². The standard InChI is InChI=1S/C22H24N4O5S2/c23-17-18-8-10-20(11-9-18)32(28,29)25-15-13-24(14-16-25)22(27)21-7-4-12-26(21)33(30,31)19-5-2-1-3-6-19/h1-3,5-6,8-11,21H,4,7,12-16H2. The van der Waals surface area contributed by atoms with Gasteiger partial charge in [-0.3, -0.25) is 4.79 Å². The Hall–Kier alpha value is -2.78. The largest absolute Gasteiger partial charge is 0.339 e. The number of hydrogen-bond acceptors (Lipinski definition) is 6. The first-order chi connectivity index (χ1) is 15.7. The second-order valence-corrected chi connectivity index (χ2v) is 11.8. The molecule has 2 aromatic carbocycles. The highest BCUT2D eigenvalue weighted by atomic mass is 32.2. The first-order valence-corrected chi connectivity index (χ1v) is 13.5. The fourth-order valence-corrected chi connectivity index (χ4v) is 7.31. The Morgan fingerprint density at radius 2 is 1.42 bits per heavy atom. The lowest BCUT2D eigenvalue weighted by Gasteiger charge is -2.36. The van der Waals surface area contributed by atoms with Crippen molar-refractivity contribution in [1.29, 1.82) is 5.26 Å². The summed E-state index contributed by atoms with van der Waals surface area (Å²) in [5.74, 6) is -0.289. The van der Waals surface area contributed by atoms with Crippen LogP contribution in [0.3, 0.4) is 0 Å². The molecule has 4 rings (SSSR count). The van der Waals surface area contributed by atoms with E-state index in [2.05, 4.69) is 0 Å². The molecule has 0 aromatic heterocycles. The summed E-state index contributed by atoms with van der Waals surface area (Å²) in [6.45, 7) is 0.882. The number of piperazine rings is 1. The number of amides is 1. The molecule has 0 saturated carbocycles. The zero-order valence-corrected chi connectivity index (χ0v) is 19.5. The lowest BCUT2D eigenvalue weighted by atomic mass is 10.2. The summed E-state index contributed by atoms with van der Waals surface area (Å²) in [5, 5.41) is 8.90. The summed E-state index contributed by atoms with van der Waals surface area (Å²) < 4.78 is 54.5. The van der Waals surface area contributed by atoms with Crippen molar-refractivity contribution in [3.8, 4) is 6.07 Å². The second-order valence-electron chi connectivity index (χ2n) is 7.95. The quantitative estimate of drug-likeness (QED) is 0.625. The summed E-state index contributed by atoms with van der Waals surface area (Å²) in [6.07, 6.45) is 1.03. The van der Waals surface area contributed by atoms with Crippen molar-refractivity contribution in [3.05, 3.63) is 60.2 Å². The predicted octanol–water partition coefficient (Wildman–Crippen LogP) is 1.24. The number of nitrogens with zero attached hydrogens (tertiary/aromatic N) is 4. The van der Waals surface area contributed by atoms with E-state index in [4.69, 9.17) is 5.26 Å². The van der Waals surface area contributed by atoms with Crippen molar-refractivity contribution >= 4 is 26.0 Å². The minimum Gasteiger partial charge on any atom is -0.339 e. The van der Waals surface area contributed by atoms with E-state index in [1.807, 2.05) is 6.07 Å². The highest BCUT2D eigenvalue weighted by Crippen LogP contribution is 2.28. The minimum atomic E-state index is -3.79. The molecule has 1 atom stereocenters. The van der Waals surface area contributed by atoms with Crippen LogP contribution in [0.5, 0.6) is 0 Å². The van der Waals surface area contributed by atoms with Crippen LogP contribution in [0.15, 0.2) is 64.4 Å². The van der Waals surface area contributed by atoms with Crippen LogP contribution in [0.1, 0.15) is 18.4 Å². The Bertz CT molecular complexity index is 1260. The van der Waals surface area contributed by atoms with Crippen molar-refractivity contribution in [1.82, 2.24) is 13.5 Å². The summed E-state index contributed by atoms with van der Waals surface area (Å²) in [7, 11) is -7.54. The number of sulfonamides is 2. The highest BCUT2D eigenvalue weighted by Gasteiger charge is 2.42. The summed E-state index contributed by atoms with van der Waals surface area (Å²) in [5.41, 5.74) is 0.371. The molecule has 1 unspecified atom stereocenters. The van der Waals surface area contributed by atoms with Gasteiger partial charge in [-0.1, -0.05) is 18.2 Å². The Morgan fingerprint density at radius 3 is 2.03 bits per heavy atom. The normalized spacial score (nSPS) is 20.5. The van der Waals surface area contributed by atoms with Gasteiger partial charge in [-0.15, -0.1) is 0 Å². The van der Waals surface area contributed by atoms with Gasteiger partial charge < -0.3 is 4.90 Å². The van der Waals surface area contributed by atoms with E-state index in [9.17, 15) is 21.6 Å².